The van der Waals surface area contributed by atoms with Crippen LogP contribution in [-0.4, -0.2) is 35.4 Å². The number of esters is 2. The van der Waals surface area contributed by atoms with Crippen LogP contribution in [0.3, 0.4) is 0 Å². The van der Waals surface area contributed by atoms with Gasteiger partial charge >= 0.3 is 11.9 Å². The minimum absolute atomic E-state index is 0.361. The van der Waals surface area contributed by atoms with Crippen LogP contribution < -0.4 is 0 Å². The Kier molecular flexibility index (Phi) is 5.25. The Hall–Kier alpha value is -0.940. The molecule has 13 heavy (non-hydrogen) atoms. The molecule has 0 aromatic rings. The van der Waals surface area contributed by atoms with Crippen molar-refractivity contribution in [3.8, 4) is 0 Å². The zero-order valence-electron chi connectivity index (χ0n) is 7.69. The molecule has 0 aliphatic rings. The summed E-state index contributed by atoms with van der Waals surface area (Å²) in [6.45, 7) is 2.16. The molecule has 0 aromatic heterocycles. The van der Waals surface area contributed by atoms with Gasteiger partial charge in [0.1, 0.15) is 0 Å². The molecule has 5 heteroatoms. The minimum Gasteiger partial charge on any atom is -0.395 e. The maximum atomic E-state index is 10.9. The number of carbonyl (C=O) groups is 2. The van der Waals surface area contributed by atoms with Gasteiger partial charge in [-0.3, -0.25) is 9.59 Å². The van der Waals surface area contributed by atoms with Gasteiger partial charge < -0.3 is 14.9 Å². The van der Waals surface area contributed by atoms with E-state index < -0.39 is 23.8 Å². The van der Waals surface area contributed by atoms with E-state index in [1.54, 1.807) is 0 Å². The SMILES string of the molecule is CC(CO)C(=O)OC(=O)C(C)CO. The van der Waals surface area contributed by atoms with Crippen LogP contribution in [0.1, 0.15) is 13.8 Å². The van der Waals surface area contributed by atoms with Crippen LogP contribution in [0.2, 0.25) is 0 Å². The predicted octanol–water partition coefficient (Wildman–Crippen LogP) is -0.687. The number of hydrogen-bond acceptors (Lipinski definition) is 5. The second-order valence-electron chi connectivity index (χ2n) is 2.91. The standard InChI is InChI=1S/C8H14O5/c1-5(3-9)7(11)13-8(12)6(2)4-10/h5-6,9-10H,3-4H2,1-2H3. The van der Waals surface area contributed by atoms with Crippen LogP contribution in [0.5, 0.6) is 0 Å². The molecule has 2 unspecified atom stereocenters. The Labute approximate surface area is 76.3 Å². The van der Waals surface area contributed by atoms with Gasteiger partial charge in [-0.15, -0.1) is 0 Å². The third-order valence-electron chi connectivity index (χ3n) is 1.55. The van der Waals surface area contributed by atoms with E-state index in [4.69, 9.17) is 10.2 Å². The van der Waals surface area contributed by atoms with Gasteiger partial charge in [0.15, 0.2) is 0 Å². The smallest absolute Gasteiger partial charge is 0.318 e. The molecule has 0 saturated heterocycles. The number of hydrogen-bond donors (Lipinski definition) is 2. The van der Waals surface area contributed by atoms with E-state index in [1.807, 2.05) is 0 Å². The predicted molar refractivity (Wildman–Crippen MR) is 43.6 cm³/mol. The molecule has 0 fully saturated rings. The first-order valence-corrected chi connectivity index (χ1v) is 4.00. The van der Waals surface area contributed by atoms with Crippen molar-refractivity contribution in [2.75, 3.05) is 13.2 Å². The van der Waals surface area contributed by atoms with E-state index in [2.05, 4.69) is 4.74 Å². The fourth-order valence-electron chi connectivity index (χ4n) is 0.449. The quantitative estimate of drug-likeness (QED) is 0.453. The summed E-state index contributed by atoms with van der Waals surface area (Å²) in [5.74, 6) is -2.97. The average molecular weight is 190 g/mol. The normalized spacial score (nSPS) is 14.8. The Morgan fingerprint density at radius 1 is 1.08 bits per heavy atom. The maximum absolute atomic E-state index is 10.9. The highest BCUT2D eigenvalue weighted by Gasteiger charge is 2.21. The van der Waals surface area contributed by atoms with Gasteiger partial charge in [0.2, 0.25) is 0 Å². The number of aliphatic hydroxyl groups is 2. The van der Waals surface area contributed by atoms with Gasteiger partial charge in [0.25, 0.3) is 0 Å². The molecule has 0 aromatic carbocycles. The van der Waals surface area contributed by atoms with Gasteiger partial charge in [0, 0.05) is 0 Å². The molecular weight excluding hydrogens is 176 g/mol. The zero-order valence-corrected chi connectivity index (χ0v) is 7.69. The molecule has 0 radical (unpaired) electrons. The molecule has 0 heterocycles. The number of carbonyl (C=O) groups excluding carboxylic acids is 2. The van der Waals surface area contributed by atoms with Gasteiger partial charge in [-0.1, -0.05) is 0 Å². The fraction of sp³-hybridized carbons (Fsp3) is 0.750. The molecule has 0 saturated carbocycles. The van der Waals surface area contributed by atoms with Crippen LogP contribution in [-0.2, 0) is 14.3 Å². The molecular formula is C8H14O5. The summed E-state index contributed by atoms with van der Waals surface area (Å²) in [5, 5.41) is 17.1. The molecule has 0 amide bonds. The lowest BCUT2D eigenvalue weighted by atomic mass is 10.2. The Balaban J connectivity index is 3.99. The van der Waals surface area contributed by atoms with Gasteiger partial charge in [-0.2, -0.15) is 0 Å². The molecule has 0 bridgehead atoms. The first-order chi connectivity index (χ1) is 6.02. The van der Waals surface area contributed by atoms with Crippen LogP contribution in [0.4, 0.5) is 0 Å². The van der Waals surface area contributed by atoms with Gasteiger partial charge in [0.05, 0.1) is 25.0 Å². The highest BCUT2D eigenvalue weighted by Crippen LogP contribution is 2.02. The van der Waals surface area contributed by atoms with Crippen molar-refractivity contribution in [2.45, 2.75) is 13.8 Å². The summed E-state index contributed by atoms with van der Waals surface area (Å²) in [7, 11) is 0. The first kappa shape index (κ1) is 12.1. The highest BCUT2D eigenvalue weighted by atomic mass is 16.6. The first-order valence-electron chi connectivity index (χ1n) is 4.00. The highest BCUT2D eigenvalue weighted by molar-refractivity contribution is 5.87. The molecule has 0 aliphatic heterocycles. The van der Waals surface area contributed by atoms with Crippen LogP contribution >= 0.6 is 0 Å². The molecule has 0 rings (SSSR count). The lowest BCUT2D eigenvalue weighted by Gasteiger charge is -2.09. The number of aliphatic hydroxyl groups excluding tert-OH is 2. The Morgan fingerprint density at radius 2 is 1.38 bits per heavy atom. The maximum Gasteiger partial charge on any atom is 0.318 e. The lowest BCUT2D eigenvalue weighted by molar-refractivity contribution is -0.166. The van der Waals surface area contributed by atoms with E-state index >= 15 is 0 Å². The largest absolute Gasteiger partial charge is 0.395 e. The molecule has 2 atom stereocenters. The van der Waals surface area contributed by atoms with Crippen molar-refractivity contribution in [1.82, 2.24) is 0 Å². The summed E-state index contributed by atoms with van der Waals surface area (Å²) >= 11 is 0. The zero-order chi connectivity index (χ0) is 10.4. The molecule has 5 nitrogen and oxygen atoms in total. The molecule has 2 N–H and O–H groups in total. The summed E-state index contributed by atoms with van der Waals surface area (Å²) in [4.78, 5) is 21.8. The monoisotopic (exact) mass is 190 g/mol. The second kappa shape index (κ2) is 5.66. The van der Waals surface area contributed by atoms with Crippen LogP contribution in [0, 0.1) is 11.8 Å². The summed E-state index contributed by atoms with van der Waals surface area (Å²) < 4.78 is 4.36. The Bertz CT molecular complexity index is 169. The Morgan fingerprint density at radius 3 is 1.62 bits per heavy atom. The van der Waals surface area contributed by atoms with Crippen molar-refractivity contribution in [3.63, 3.8) is 0 Å². The summed E-state index contributed by atoms with van der Waals surface area (Å²) in [5.41, 5.74) is 0. The van der Waals surface area contributed by atoms with E-state index in [0.29, 0.717) is 0 Å². The van der Waals surface area contributed by atoms with E-state index in [1.165, 1.54) is 13.8 Å². The van der Waals surface area contributed by atoms with Crippen molar-refractivity contribution >= 4 is 11.9 Å². The van der Waals surface area contributed by atoms with Crippen molar-refractivity contribution in [2.24, 2.45) is 11.8 Å². The molecule has 0 aliphatic carbocycles. The van der Waals surface area contributed by atoms with Crippen LogP contribution in [0.25, 0.3) is 0 Å². The van der Waals surface area contributed by atoms with Crippen molar-refractivity contribution < 1.29 is 24.5 Å². The third-order valence-corrected chi connectivity index (χ3v) is 1.55. The lowest BCUT2D eigenvalue weighted by Crippen LogP contribution is -2.26. The van der Waals surface area contributed by atoms with Crippen LogP contribution in [0.15, 0.2) is 0 Å². The molecule has 76 valence electrons. The summed E-state index contributed by atoms with van der Waals surface area (Å²) in [6, 6.07) is 0. The van der Waals surface area contributed by atoms with Crippen molar-refractivity contribution in [1.29, 1.82) is 0 Å². The van der Waals surface area contributed by atoms with E-state index in [0.717, 1.165) is 0 Å². The second-order valence-corrected chi connectivity index (χ2v) is 2.91. The van der Waals surface area contributed by atoms with Gasteiger partial charge in [-0.05, 0) is 13.8 Å². The summed E-state index contributed by atoms with van der Waals surface area (Å²) in [6.07, 6.45) is 0. The van der Waals surface area contributed by atoms with Gasteiger partial charge in [-0.25, -0.2) is 0 Å². The van der Waals surface area contributed by atoms with E-state index in [-0.39, 0.29) is 13.2 Å². The minimum atomic E-state index is -0.771. The fourth-order valence-corrected chi connectivity index (χ4v) is 0.449. The van der Waals surface area contributed by atoms with E-state index in [9.17, 15) is 9.59 Å². The van der Waals surface area contributed by atoms with Crippen molar-refractivity contribution in [3.05, 3.63) is 0 Å². The topological polar surface area (TPSA) is 83.8 Å². The number of rotatable bonds is 4. The number of ether oxygens (including phenoxy) is 1. The average Bonchev–Trinajstić information content (AvgIpc) is 2.14. The molecule has 0 spiro atoms. The third kappa shape index (κ3) is 4.00.